The van der Waals surface area contributed by atoms with Gasteiger partial charge in [-0.3, -0.25) is 0 Å². The van der Waals surface area contributed by atoms with Gasteiger partial charge in [-0.05, 0) is 54.8 Å². The second kappa shape index (κ2) is 9.87. The molecule has 1 saturated heterocycles. The minimum atomic E-state index is -1.21. The first-order chi connectivity index (χ1) is 15.5. The van der Waals surface area contributed by atoms with E-state index in [0.29, 0.717) is 38.3 Å². The number of nitrogens with one attached hydrogen (secondary N) is 1. The van der Waals surface area contributed by atoms with Crippen LogP contribution in [-0.4, -0.2) is 62.8 Å². The number of hydrogen-bond acceptors (Lipinski definition) is 7. The first-order valence-corrected chi connectivity index (χ1v) is 10.9. The number of methoxy groups -OCH3 is 1. The van der Waals surface area contributed by atoms with Gasteiger partial charge in [0, 0.05) is 26.8 Å². The maximum absolute atomic E-state index is 11.5. The standard InChI is InChI=1S/C24H32N2O5/c1-29-13-2-11-26-12-14-30-22-8-3-18(15-21(22)26)17-31-23-16-25-10-9-24(23,28)19-4-6-20(27)7-5-19/h3-8,15,23,25,27-28H,2,9-14,16-17H2,1H3/t23-,24-/m0/s1/i/hD. The highest BCUT2D eigenvalue weighted by Crippen LogP contribution is 2.36. The Morgan fingerprint density at radius 2 is 2.13 bits per heavy atom. The first kappa shape index (κ1) is 20.6. The summed E-state index contributed by atoms with van der Waals surface area (Å²) in [7, 11) is 1.71. The molecule has 2 aliphatic heterocycles. The van der Waals surface area contributed by atoms with Gasteiger partial charge in [-0.25, -0.2) is 0 Å². The Hall–Kier alpha value is -2.32. The molecule has 0 unspecified atom stereocenters. The molecule has 2 aromatic carbocycles. The molecule has 3 N–H and O–H groups in total. The molecule has 2 heterocycles. The molecule has 2 aromatic rings. The maximum Gasteiger partial charge on any atom is 0.142 e. The number of aliphatic hydroxyl groups is 1. The van der Waals surface area contributed by atoms with Gasteiger partial charge >= 0.3 is 0 Å². The van der Waals surface area contributed by atoms with E-state index in [1.165, 1.54) is 5.31 Å². The van der Waals surface area contributed by atoms with Crippen LogP contribution in [0.1, 0.15) is 24.0 Å². The van der Waals surface area contributed by atoms with Crippen LogP contribution in [0.5, 0.6) is 11.5 Å². The third-order valence-electron chi connectivity index (χ3n) is 6.06. The zero-order valence-electron chi connectivity index (χ0n) is 19.0. The summed E-state index contributed by atoms with van der Waals surface area (Å²) in [4.78, 5) is 2.31. The van der Waals surface area contributed by atoms with Crippen LogP contribution in [0.3, 0.4) is 0 Å². The van der Waals surface area contributed by atoms with Crippen molar-refractivity contribution in [2.75, 3.05) is 51.4 Å². The lowest BCUT2D eigenvalue weighted by Gasteiger charge is -2.40. The SMILES string of the molecule is [2H]N1CC[C@](O)(c2ccc(O)cc2)[C@@H](OCc2ccc3c(c2)N(CCCOC)CCO3)C1. The average Bonchev–Trinajstić information content (AvgIpc) is 2.80. The van der Waals surface area contributed by atoms with Gasteiger partial charge in [-0.1, -0.05) is 18.2 Å². The number of fused-ring (bicyclic) bond motifs is 1. The van der Waals surface area contributed by atoms with Crippen molar-refractivity contribution in [3.63, 3.8) is 0 Å². The molecule has 0 aromatic heterocycles. The average molecular weight is 430 g/mol. The summed E-state index contributed by atoms with van der Waals surface area (Å²) in [5.74, 6) is 1.02. The maximum atomic E-state index is 11.5. The summed E-state index contributed by atoms with van der Waals surface area (Å²) >= 11 is 0. The van der Waals surface area contributed by atoms with Crippen molar-refractivity contribution in [2.45, 2.75) is 31.2 Å². The summed E-state index contributed by atoms with van der Waals surface area (Å²) in [6, 6.07) is 12.6. The molecule has 7 heteroatoms. The van der Waals surface area contributed by atoms with Crippen LogP contribution in [0.15, 0.2) is 42.5 Å². The Kier molecular flexibility index (Phi) is 6.55. The van der Waals surface area contributed by atoms with E-state index in [2.05, 4.69) is 11.0 Å². The Morgan fingerprint density at radius 1 is 1.29 bits per heavy atom. The largest absolute Gasteiger partial charge is 0.508 e. The molecule has 1 fully saturated rings. The fraction of sp³-hybridized carbons (Fsp3) is 0.500. The Labute approximate surface area is 185 Å². The molecule has 0 spiro atoms. The second-order valence-electron chi connectivity index (χ2n) is 8.13. The normalized spacial score (nSPS) is 24.4. The third-order valence-corrected chi connectivity index (χ3v) is 6.06. The van der Waals surface area contributed by atoms with Gasteiger partial charge in [0.15, 0.2) is 0 Å². The molecule has 0 bridgehead atoms. The second-order valence-corrected chi connectivity index (χ2v) is 8.13. The van der Waals surface area contributed by atoms with Crippen LogP contribution in [0.2, 0.25) is 1.41 Å². The number of aromatic hydroxyl groups is 1. The van der Waals surface area contributed by atoms with Gasteiger partial charge in [0.25, 0.3) is 0 Å². The van der Waals surface area contributed by atoms with Crippen molar-refractivity contribution >= 4 is 5.69 Å². The van der Waals surface area contributed by atoms with Gasteiger partial charge < -0.3 is 34.6 Å². The number of phenolic OH excluding ortho intramolecular Hbond substituents is 1. The first-order valence-electron chi connectivity index (χ1n) is 11.3. The lowest BCUT2D eigenvalue weighted by molar-refractivity contribution is -0.134. The quantitative estimate of drug-likeness (QED) is 0.556. The van der Waals surface area contributed by atoms with Crippen LogP contribution in [0, 0.1) is 0 Å². The summed E-state index contributed by atoms with van der Waals surface area (Å²) < 4.78 is 25.3. The summed E-state index contributed by atoms with van der Waals surface area (Å²) in [6.45, 7) is 4.17. The van der Waals surface area contributed by atoms with Crippen molar-refractivity contribution in [1.29, 1.82) is 0 Å². The molecule has 0 saturated carbocycles. The highest BCUT2D eigenvalue weighted by Gasteiger charge is 2.41. The number of hydrogen-bond donors (Lipinski definition) is 3. The minimum absolute atomic E-state index is 0.152. The van der Waals surface area contributed by atoms with Crippen molar-refractivity contribution in [2.24, 2.45) is 0 Å². The highest BCUT2D eigenvalue weighted by molar-refractivity contribution is 5.61. The predicted octanol–water partition coefficient (Wildman–Crippen LogP) is 2.39. The van der Waals surface area contributed by atoms with E-state index in [0.717, 1.165) is 43.1 Å². The molecular formula is C24H32N2O5. The molecule has 168 valence electrons. The van der Waals surface area contributed by atoms with Gasteiger partial charge in [0.05, 0.1) is 18.8 Å². The molecule has 2 atom stereocenters. The van der Waals surface area contributed by atoms with Crippen LogP contribution in [0.4, 0.5) is 5.69 Å². The van der Waals surface area contributed by atoms with Crippen molar-refractivity contribution in [1.82, 2.24) is 5.31 Å². The molecule has 4 rings (SSSR count). The van der Waals surface area contributed by atoms with E-state index in [1.807, 2.05) is 12.1 Å². The van der Waals surface area contributed by atoms with E-state index < -0.39 is 11.7 Å². The number of phenols is 1. The fourth-order valence-corrected chi connectivity index (χ4v) is 4.28. The zero-order chi connectivity index (χ0) is 22.6. The monoisotopic (exact) mass is 429 g/mol. The summed E-state index contributed by atoms with van der Waals surface area (Å²) in [5, 5.41) is 22.5. The number of ether oxygens (including phenoxy) is 3. The van der Waals surface area contributed by atoms with Crippen LogP contribution < -0.4 is 14.9 Å². The smallest absolute Gasteiger partial charge is 0.142 e. The number of benzene rings is 2. The van der Waals surface area contributed by atoms with E-state index in [1.54, 1.807) is 31.4 Å². The number of rotatable bonds is 8. The van der Waals surface area contributed by atoms with Gasteiger partial charge in [-0.2, -0.15) is 0 Å². The van der Waals surface area contributed by atoms with Crippen LogP contribution in [0.25, 0.3) is 0 Å². The number of piperidine rings is 1. The fourth-order valence-electron chi connectivity index (χ4n) is 4.28. The molecular weight excluding hydrogens is 396 g/mol. The van der Waals surface area contributed by atoms with Gasteiger partial charge in [0.1, 0.15) is 31.2 Å². The lowest BCUT2D eigenvalue weighted by atomic mass is 9.82. The predicted molar refractivity (Wildman–Crippen MR) is 119 cm³/mol. The minimum Gasteiger partial charge on any atom is -0.508 e. The van der Waals surface area contributed by atoms with E-state index in [-0.39, 0.29) is 5.75 Å². The Bertz CT molecular complexity index is 896. The number of anilines is 1. The third kappa shape index (κ3) is 4.96. The van der Waals surface area contributed by atoms with E-state index in [9.17, 15) is 10.2 Å². The molecule has 31 heavy (non-hydrogen) atoms. The summed E-state index contributed by atoms with van der Waals surface area (Å²) in [5.41, 5.74) is 1.51. The van der Waals surface area contributed by atoms with Gasteiger partial charge in [0.2, 0.25) is 0 Å². The zero-order valence-corrected chi connectivity index (χ0v) is 18.0. The van der Waals surface area contributed by atoms with Crippen LogP contribution >= 0.6 is 0 Å². The molecule has 0 radical (unpaired) electrons. The Morgan fingerprint density at radius 3 is 2.94 bits per heavy atom. The molecule has 2 aliphatic rings. The van der Waals surface area contributed by atoms with E-state index in [4.69, 9.17) is 15.6 Å². The van der Waals surface area contributed by atoms with Gasteiger partial charge in [-0.15, -0.1) is 0 Å². The highest BCUT2D eigenvalue weighted by atomic mass is 16.5. The lowest BCUT2D eigenvalue weighted by Crippen LogP contribution is -2.53. The van der Waals surface area contributed by atoms with E-state index >= 15 is 0 Å². The number of nitrogens with zero attached hydrogens (tertiary/aromatic N) is 1. The topological polar surface area (TPSA) is 83.4 Å². The molecule has 0 aliphatic carbocycles. The van der Waals surface area contributed by atoms with Crippen LogP contribution in [-0.2, 0) is 21.7 Å². The molecule has 7 nitrogen and oxygen atoms in total. The van der Waals surface area contributed by atoms with Crippen molar-refractivity contribution < 1.29 is 25.8 Å². The Balaban J connectivity index is 1.49. The summed E-state index contributed by atoms with van der Waals surface area (Å²) in [6.07, 6.45) is 0.762. The van der Waals surface area contributed by atoms with Crippen molar-refractivity contribution in [3.05, 3.63) is 53.6 Å². The van der Waals surface area contributed by atoms with Crippen molar-refractivity contribution in [3.8, 4) is 11.5 Å². The molecule has 0 amide bonds.